The lowest BCUT2D eigenvalue weighted by atomic mass is 10.0. The highest BCUT2D eigenvalue weighted by Gasteiger charge is 2.03. The van der Waals surface area contributed by atoms with Crippen molar-refractivity contribution >= 4 is 5.91 Å². The van der Waals surface area contributed by atoms with E-state index >= 15 is 0 Å². The minimum absolute atomic E-state index is 0.408. The second-order valence-corrected chi connectivity index (χ2v) is 6.50. The van der Waals surface area contributed by atoms with Crippen molar-refractivity contribution in [1.29, 1.82) is 0 Å². The van der Waals surface area contributed by atoms with Gasteiger partial charge in [-0.2, -0.15) is 0 Å². The van der Waals surface area contributed by atoms with E-state index in [1.807, 2.05) is 18.2 Å². The van der Waals surface area contributed by atoms with Crippen LogP contribution in [0.2, 0.25) is 0 Å². The molecule has 1 aromatic carbocycles. The van der Waals surface area contributed by atoms with Gasteiger partial charge in [0.2, 0.25) is 5.91 Å². The second-order valence-electron chi connectivity index (χ2n) is 6.50. The van der Waals surface area contributed by atoms with Gasteiger partial charge in [-0.3, -0.25) is 4.79 Å². The first-order valence-electron chi connectivity index (χ1n) is 9.63. The summed E-state index contributed by atoms with van der Waals surface area (Å²) in [4.78, 5) is 11.3. The highest BCUT2D eigenvalue weighted by atomic mass is 16.1. The molecule has 0 aromatic heterocycles. The Labute approximate surface area is 148 Å². The zero-order valence-corrected chi connectivity index (χ0v) is 15.3. The van der Waals surface area contributed by atoms with Gasteiger partial charge in [0.1, 0.15) is 0 Å². The third-order valence-corrected chi connectivity index (χ3v) is 4.32. The zero-order valence-electron chi connectivity index (χ0n) is 15.3. The summed E-state index contributed by atoms with van der Waals surface area (Å²) in [5.41, 5.74) is 6.61. The summed E-state index contributed by atoms with van der Waals surface area (Å²) in [5.74, 6) is 5.84. The van der Waals surface area contributed by atoms with Crippen molar-refractivity contribution in [3.8, 4) is 11.8 Å². The zero-order chi connectivity index (χ0) is 17.5. The van der Waals surface area contributed by atoms with E-state index < -0.39 is 5.91 Å². The molecule has 0 bridgehead atoms. The Morgan fingerprint density at radius 1 is 0.875 bits per heavy atom. The molecule has 0 unspecified atom stereocenters. The number of nitrogens with two attached hydrogens (primary N) is 1. The van der Waals surface area contributed by atoms with Gasteiger partial charge in [0.05, 0.1) is 5.56 Å². The van der Waals surface area contributed by atoms with Gasteiger partial charge in [-0.05, 0) is 18.6 Å². The number of hydrogen-bond donors (Lipinski definition) is 1. The second kappa shape index (κ2) is 13.7. The average Bonchev–Trinajstić information content (AvgIpc) is 2.59. The third kappa shape index (κ3) is 9.40. The standard InChI is InChI=1S/C22H33NO/c1-2-3-4-5-6-7-8-9-10-11-12-13-14-17-20-18-15-16-19-21(20)22(23)24/h15-16,18-19H,2-13H2,1H3,(H2,23,24). The minimum atomic E-state index is -0.408. The van der Waals surface area contributed by atoms with Gasteiger partial charge in [0.15, 0.2) is 0 Å². The smallest absolute Gasteiger partial charge is 0.249 e. The van der Waals surface area contributed by atoms with Crippen molar-refractivity contribution in [2.75, 3.05) is 0 Å². The molecule has 1 aromatic rings. The van der Waals surface area contributed by atoms with Crippen LogP contribution in [0.15, 0.2) is 24.3 Å². The quantitative estimate of drug-likeness (QED) is 0.380. The summed E-state index contributed by atoms with van der Waals surface area (Å²) in [6.07, 6.45) is 15.7. The molecule has 132 valence electrons. The number of amides is 1. The van der Waals surface area contributed by atoms with Crippen LogP contribution in [0.5, 0.6) is 0 Å². The van der Waals surface area contributed by atoms with Crippen LogP contribution in [0, 0.1) is 11.8 Å². The van der Waals surface area contributed by atoms with Gasteiger partial charge < -0.3 is 5.73 Å². The predicted octanol–water partition coefficient (Wildman–Crippen LogP) is 5.84. The van der Waals surface area contributed by atoms with Crippen LogP contribution in [0.1, 0.15) is 99.9 Å². The molecular weight excluding hydrogens is 294 g/mol. The maximum absolute atomic E-state index is 11.3. The highest BCUT2D eigenvalue weighted by Crippen LogP contribution is 2.12. The Morgan fingerprint density at radius 2 is 1.42 bits per heavy atom. The summed E-state index contributed by atoms with van der Waals surface area (Å²) < 4.78 is 0. The molecule has 0 heterocycles. The molecule has 0 radical (unpaired) electrons. The topological polar surface area (TPSA) is 43.1 Å². The number of unbranched alkanes of at least 4 members (excludes halogenated alkanes) is 11. The molecule has 0 saturated carbocycles. The normalized spacial score (nSPS) is 10.2. The molecule has 0 aliphatic heterocycles. The highest BCUT2D eigenvalue weighted by molar-refractivity contribution is 5.95. The first kappa shape index (κ1) is 20.3. The van der Waals surface area contributed by atoms with Crippen LogP contribution in [0.3, 0.4) is 0 Å². The van der Waals surface area contributed by atoms with Gasteiger partial charge in [-0.25, -0.2) is 0 Å². The summed E-state index contributed by atoms with van der Waals surface area (Å²) in [7, 11) is 0. The molecule has 2 heteroatoms. The molecule has 0 aliphatic carbocycles. The number of carbonyl (C=O) groups excluding carboxylic acids is 1. The molecule has 0 aliphatic rings. The minimum Gasteiger partial charge on any atom is -0.366 e. The fourth-order valence-electron chi connectivity index (χ4n) is 2.84. The van der Waals surface area contributed by atoms with Crippen molar-refractivity contribution in [1.82, 2.24) is 0 Å². The number of primary amides is 1. The van der Waals surface area contributed by atoms with Crippen molar-refractivity contribution in [2.24, 2.45) is 5.73 Å². The molecule has 2 nitrogen and oxygen atoms in total. The van der Waals surface area contributed by atoms with Crippen LogP contribution < -0.4 is 5.73 Å². The monoisotopic (exact) mass is 327 g/mol. The van der Waals surface area contributed by atoms with Crippen LogP contribution in [0.4, 0.5) is 0 Å². The Kier molecular flexibility index (Phi) is 11.6. The van der Waals surface area contributed by atoms with E-state index in [1.165, 1.54) is 64.2 Å². The van der Waals surface area contributed by atoms with Crippen LogP contribution >= 0.6 is 0 Å². The van der Waals surface area contributed by atoms with E-state index in [0.29, 0.717) is 5.56 Å². The summed E-state index contributed by atoms with van der Waals surface area (Å²) in [6.45, 7) is 2.26. The summed E-state index contributed by atoms with van der Waals surface area (Å²) in [6, 6.07) is 7.29. The lowest BCUT2D eigenvalue weighted by Crippen LogP contribution is -2.12. The van der Waals surface area contributed by atoms with E-state index in [-0.39, 0.29) is 0 Å². The van der Waals surface area contributed by atoms with Gasteiger partial charge in [-0.15, -0.1) is 0 Å². The van der Waals surface area contributed by atoms with Crippen molar-refractivity contribution in [3.63, 3.8) is 0 Å². The van der Waals surface area contributed by atoms with E-state index in [0.717, 1.165) is 18.4 Å². The Bertz CT molecular complexity index is 524. The lowest BCUT2D eigenvalue weighted by molar-refractivity contribution is 0.1000. The largest absolute Gasteiger partial charge is 0.366 e. The van der Waals surface area contributed by atoms with E-state index in [4.69, 9.17) is 5.73 Å². The van der Waals surface area contributed by atoms with Gasteiger partial charge in [-0.1, -0.05) is 95.1 Å². The molecule has 1 amide bonds. The predicted molar refractivity (Wildman–Crippen MR) is 103 cm³/mol. The van der Waals surface area contributed by atoms with Crippen LogP contribution in [0.25, 0.3) is 0 Å². The molecule has 1 rings (SSSR count). The SMILES string of the molecule is CCCCCCCCCCCCCC#Cc1ccccc1C(N)=O. The molecular formula is C22H33NO. The van der Waals surface area contributed by atoms with Gasteiger partial charge in [0, 0.05) is 12.0 Å². The van der Waals surface area contributed by atoms with Crippen LogP contribution in [-0.2, 0) is 0 Å². The average molecular weight is 328 g/mol. The fraction of sp³-hybridized carbons (Fsp3) is 0.591. The summed E-state index contributed by atoms with van der Waals surface area (Å²) in [5, 5.41) is 0. The fourth-order valence-corrected chi connectivity index (χ4v) is 2.84. The third-order valence-electron chi connectivity index (χ3n) is 4.32. The van der Waals surface area contributed by atoms with E-state index in [9.17, 15) is 4.79 Å². The first-order chi connectivity index (χ1) is 11.8. The number of benzene rings is 1. The van der Waals surface area contributed by atoms with Crippen molar-refractivity contribution < 1.29 is 4.79 Å². The van der Waals surface area contributed by atoms with Gasteiger partial charge in [0.25, 0.3) is 0 Å². The van der Waals surface area contributed by atoms with Gasteiger partial charge >= 0.3 is 0 Å². The maximum Gasteiger partial charge on any atom is 0.249 e. The van der Waals surface area contributed by atoms with E-state index in [2.05, 4.69) is 18.8 Å². The van der Waals surface area contributed by atoms with Crippen LogP contribution in [-0.4, -0.2) is 5.91 Å². The summed E-state index contributed by atoms with van der Waals surface area (Å²) >= 11 is 0. The van der Waals surface area contributed by atoms with E-state index in [1.54, 1.807) is 6.07 Å². The Balaban J connectivity index is 2.04. The molecule has 0 fully saturated rings. The maximum atomic E-state index is 11.3. The molecule has 0 atom stereocenters. The number of hydrogen-bond acceptors (Lipinski definition) is 1. The molecule has 0 spiro atoms. The lowest BCUT2D eigenvalue weighted by Gasteiger charge is -2.01. The van der Waals surface area contributed by atoms with Crippen molar-refractivity contribution in [3.05, 3.63) is 35.4 Å². The number of rotatable bonds is 12. The number of carbonyl (C=O) groups is 1. The Hall–Kier alpha value is -1.75. The van der Waals surface area contributed by atoms with Crippen molar-refractivity contribution in [2.45, 2.75) is 84.0 Å². The first-order valence-corrected chi connectivity index (χ1v) is 9.63. The molecule has 24 heavy (non-hydrogen) atoms. The Morgan fingerprint density at radius 3 is 2.00 bits per heavy atom. The molecule has 0 saturated heterocycles. The molecule has 2 N–H and O–H groups in total.